The van der Waals surface area contributed by atoms with E-state index < -0.39 is 24.4 Å². The van der Waals surface area contributed by atoms with Crippen molar-refractivity contribution in [3.05, 3.63) is 47.3 Å². The highest BCUT2D eigenvalue weighted by molar-refractivity contribution is 5.94. The molecule has 7 nitrogen and oxygen atoms in total. The summed E-state index contributed by atoms with van der Waals surface area (Å²) in [6.45, 7) is 5.93. The molecule has 34 heavy (non-hydrogen) atoms. The van der Waals surface area contributed by atoms with Gasteiger partial charge in [-0.1, -0.05) is 0 Å². The van der Waals surface area contributed by atoms with E-state index in [1.165, 1.54) is 4.90 Å². The molecule has 1 amide bonds. The van der Waals surface area contributed by atoms with Crippen molar-refractivity contribution in [1.82, 2.24) is 20.0 Å². The Kier molecular flexibility index (Phi) is 6.91. The number of hydrogen-bond acceptors (Lipinski definition) is 5. The number of H-pyrrole nitrogens is 1. The van der Waals surface area contributed by atoms with Gasteiger partial charge >= 0.3 is 6.18 Å². The van der Waals surface area contributed by atoms with Crippen LogP contribution in [0.3, 0.4) is 0 Å². The van der Waals surface area contributed by atoms with Crippen molar-refractivity contribution in [3.8, 4) is 5.75 Å². The monoisotopic (exact) mass is 480 g/mol. The largest absolute Gasteiger partial charge is 0.491 e. The number of carbonyl (C=O) groups excluding carboxylic acids is 1. The van der Waals surface area contributed by atoms with Crippen LogP contribution < -0.4 is 4.74 Å². The fourth-order valence-electron chi connectivity index (χ4n) is 4.81. The van der Waals surface area contributed by atoms with Crippen molar-refractivity contribution in [2.24, 2.45) is 0 Å². The SMILES string of the molecule is Cc1cc(C(=O)N2CCC3(CC2)CN(CC(F)(F)F)CC(c2cc[nH]n2)O3)ccc1OC(C)C. The molecule has 1 unspecified atom stereocenters. The van der Waals surface area contributed by atoms with E-state index in [0.717, 1.165) is 11.3 Å². The summed E-state index contributed by atoms with van der Waals surface area (Å²) >= 11 is 0. The topological polar surface area (TPSA) is 70.7 Å². The number of nitrogens with one attached hydrogen (secondary N) is 1. The lowest BCUT2D eigenvalue weighted by Crippen LogP contribution is -2.59. The molecule has 4 rings (SSSR count). The molecule has 1 N–H and O–H groups in total. The van der Waals surface area contributed by atoms with E-state index >= 15 is 0 Å². The second-order valence-corrected chi connectivity index (χ2v) is 9.51. The van der Waals surface area contributed by atoms with Gasteiger partial charge < -0.3 is 14.4 Å². The van der Waals surface area contributed by atoms with E-state index in [0.29, 0.717) is 37.2 Å². The fraction of sp³-hybridized carbons (Fsp3) is 0.583. The highest BCUT2D eigenvalue weighted by Crippen LogP contribution is 2.38. The second-order valence-electron chi connectivity index (χ2n) is 9.51. The zero-order valence-corrected chi connectivity index (χ0v) is 19.7. The number of aromatic nitrogens is 2. The van der Waals surface area contributed by atoms with Crippen LogP contribution in [-0.2, 0) is 4.74 Å². The van der Waals surface area contributed by atoms with E-state index in [1.807, 2.05) is 32.9 Å². The molecule has 0 saturated carbocycles. The molecule has 1 spiro atoms. The number of benzene rings is 1. The maximum atomic E-state index is 13.2. The van der Waals surface area contributed by atoms with Crippen LogP contribution >= 0.6 is 0 Å². The molecule has 1 aromatic carbocycles. The first-order valence-electron chi connectivity index (χ1n) is 11.6. The summed E-state index contributed by atoms with van der Waals surface area (Å²) in [5.74, 6) is 0.648. The summed E-state index contributed by atoms with van der Waals surface area (Å²) in [4.78, 5) is 16.3. The first kappa shape index (κ1) is 24.5. The predicted octanol–water partition coefficient (Wildman–Crippen LogP) is 4.12. The van der Waals surface area contributed by atoms with Crippen LogP contribution in [0.25, 0.3) is 0 Å². The van der Waals surface area contributed by atoms with Gasteiger partial charge in [0.25, 0.3) is 5.91 Å². The Labute approximate surface area is 197 Å². The number of carbonyl (C=O) groups is 1. The Morgan fingerprint density at radius 3 is 2.62 bits per heavy atom. The van der Waals surface area contributed by atoms with Gasteiger partial charge in [-0.25, -0.2) is 0 Å². The van der Waals surface area contributed by atoms with Crippen molar-refractivity contribution in [2.45, 2.75) is 57.6 Å². The first-order valence-corrected chi connectivity index (χ1v) is 11.6. The van der Waals surface area contributed by atoms with E-state index in [2.05, 4.69) is 10.2 Å². The molecule has 186 valence electrons. The van der Waals surface area contributed by atoms with E-state index in [-0.39, 0.29) is 25.1 Å². The van der Waals surface area contributed by atoms with E-state index in [4.69, 9.17) is 9.47 Å². The number of piperidine rings is 1. The van der Waals surface area contributed by atoms with Gasteiger partial charge in [0.05, 0.1) is 23.9 Å². The summed E-state index contributed by atoms with van der Waals surface area (Å²) < 4.78 is 51.7. The van der Waals surface area contributed by atoms with Gasteiger partial charge in [0.15, 0.2) is 0 Å². The van der Waals surface area contributed by atoms with Crippen molar-refractivity contribution in [2.75, 3.05) is 32.7 Å². The molecule has 2 saturated heterocycles. The molecule has 2 aromatic rings. The molecule has 10 heteroatoms. The standard InChI is InChI=1S/C24H31F3N4O3/c1-16(2)33-20-5-4-18(12-17(20)3)22(32)31-10-7-23(8-11-31)14-30(15-24(25,26)27)13-21(34-23)19-6-9-28-29-19/h4-6,9,12,16,21H,7-8,10-11,13-15H2,1-3H3,(H,28,29). The number of aryl methyl sites for hydroxylation is 1. The third-order valence-corrected chi connectivity index (χ3v) is 6.33. The molecule has 0 aliphatic carbocycles. The Bertz CT molecular complexity index is 986. The van der Waals surface area contributed by atoms with Gasteiger partial charge in [0, 0.05) is 37.9 Å². The summed E-state index contributed by atoms with van der Waals surface area (Å²) in [7, 11) is 0. The van der Waals surface area contributed by atoms with Crippen LogP contribution in [0.4, 0.5) is 13.2 Å². The molecule has 0 radical (unpaired) electrons. The molecule has 3 heterocycles. The molecule has 0 bridgehead atoms. The number of hydrogen-bond donors (Lipinski definition) is 1. The number of ether oxygens (including phenoxy) is 2. The van der Waals surface area contributed by atoms with Crippen molar-refractivity contribution >= 4 is 5.91 Å². The average Bonchev–Trinajstić information content (AvgIpc) is 3.28. The summed E-state index contributed by atoms with van der Waals surface area (Å²) in [5.41, 5.74) is 1.29. The van der Waals surface area contributed by atoms with Gasteiger partial charge in [0.1, 0.15) is 11.9 Å². The zero-order valence-electron chi connectivity index (χ0n) is 19.7. The van der Waals surface area contributed by atoms with Gasteiger partial charge in [-0.05, 0) is 63.4 Å². The van der Waals surface area contributed by atoms with E-state index in [9.17, 15) is 18.0 Å². The average molecular weight is 481 g/mol. The highest BCUT2D eigenvalue weighted by Gasteiger charge is 2.46. The van der Waals surface area contributed by atoms with Crippen LogP contribution in [-0.4, -0.2) is 76.5 Å². The number of rotatable bonds is 5. The Hall–Kier alpha value is -2.59. The Balaban J connectivity index is 1.45. The molecule has 2 aliphatic heterocycles. The maximum absolute atomic E-state index is 13.2. The molecule has 2 aliphatic rings. The highest BCUT2D eigenvalue weighted by atomic mass is 19.4. The fourth-order valence-corrected chi connectivity index (χ4v) is 4.81. The lowest BCUT2D eigenvalue weighted by Gasteiger charge is -2.49. The van der Waals surface area contributed by atoms with Gasteiger partial charge in [-0.3, -0.25) is 14.8 Å². The molecular weight excluding hydrogens is 449 g/mol. The number of likely N-dealkylation sites (tertiary alicyclic amines) is 1. The smallest absolute Gasteiger partial charge is 0.401 e. The molecular formula is C24H31F3N4O3. The number of aromatic amines is 1. The number of amides is 1. The number of alkyl halides is 3. The van der Waals surface area contributed by atoms with E-state index in [1.54, 1.807) is 23.2 Å². The summed E-state index contributed by atoms with van der Waals surface area (Å²) in [6.07, 6.45) is -2.26. The van der Waals surface area contributed by atoms with Crippen LogP contribution in [0.1, 0.15) is 54.4 Å². The quantitative estimate of drug-likeness (QED) is 0.697. The minimum absolute atomic E-state index is 0.0382. The second kappa shape index (κ2) is 9.58. The number of morpholine rings is 1. The minimum atomic E-state index is -4.30. The van der Waals surface area contributed by atoms with Crippen LogP contribution in [0.15, 0.2) is 30.5 Å². The first-order chi connectivity index (χ1) is 16.0. The normalized spacial score (nSPS) is 21.3. The molecule has 1 atom stereocenters. The van der Waals surface area contributed by atoms with Crippen LogP contribution in [0.2, 0.25) is 0 Å². The number of nitrogens with zero attached hydrogens (tertiary/aromatic N) is 3. The van der Waals surface area contributed by atoms with Crippen LogP contribution in [0, 0.1) is 6.92 Å². The third kappa shape index (κ3) is 5.72. The van der Waals surface area contributed by atoms with Gasteiger partial charge in [-0.15, -0.1) is 0 Å². The molecule has 2 fully saturated rings. The van der Waals surface area contributed by atoms with Crippen molar-refractivity contribution in [1.29, 1.82) is 0 Å². The van der Waals surface area contributed by atoms with Crippen molar-refractivity contribution < 1.29 is 27.4 Å². The number of halogens is 3. The van der Waals surface area contributed by atoms with Crippen molar-refractivity contribution in [3.63, 3.8) is 0 Å². The molecule has 1 aromatic heterocycles. The Morgan fingerprint density at radius 1 is 1.29 bits per heavy atom. The zero-order chi connectivity index (χ0) is 24.5. The summed E-state index contributed by atoms with van der Waals surface area (Å²) in [5, 5.41) is 6.84. The predicted molar refractivity (Wildman–Crippen MR) is 120 cm³/mol. The minimum Gasteiger partial charge on any atom is -0.491 e. The summed E-state index contributed by atoms with van der Waals surface area (Å²) in [6, 6.07) is 7.11. The lowest BCUT2D eigenvalue weighted by molar-refractivity contribution is -0.206. The van der Waals surface area contributed by atoms with Crippen LogP contribution in [0.5, 0.6) is 5.75 Å². The van der Waals surface area contributed by atoms with Gasteiger partial charge in [-0.2, -0.15) is 18.3 Å². The third-order valence-electron chi connectivity index (χ3n) is 6.33. The van der Waals surface area contributed by atoms with Gasteiger partial charge in [0.2, 0.25) is 0 Å². The lowest BCUT2D eigenvalue weighted by atomic mass is 9.87. The Morgan fingerprint density at radius 2 is 2.03 bits per heavy atom. The maximum Gasteiger partial charge on any atom is 0.401 e.